The summed E-state index contributed by atoms with van der Waals surface area (Å²) in [5, 5.41) is 2.85. The molecule has 24 heavy (non-hydrogen) atoms. The highest BCUT2D eigenvalue weighted by Crippen LogP contribution is 2.33. The standard InChI is InChI=1S/C17H19F3N2O2/c18-17(19,20)14-7-2-1-4-12(14)9-22-10-13(8-15(22)23)21-16(24)11-5-3-6-11/h1-2,4,7,11,13H,3,5-6,8-10H2,(H,21,24)/t13-/m0/s1. The fourth-order valence-corrected chi connectivity index (χ4v) is 3.15. The van der Waals surface area contributed by atoms with Crippen molar-refractivity contribution in [2.45, 2.75) is 44.4 Å². The molecule has 1 heterocycles. The molecule has 2 fully saturated rings. The summed E-state index contributed by atoms with van der Waals surface area (Å²) in [5.74, 6) is -0.248. The van der Waals surface area contributed by atoms with Crippen molar-refractivity contribution in [2.24, 2.45) is 5.92 Å². The second-order valence-electron chi connectivity index (χ2n) is 6.47. The molecule has 0 spiro atoms. The van der Waals surface area contributed by atoms with Crippen molar-refractivity contribution in [3.8, 4) is 0 Å². The number of hydrogen-bond donors (Lipinski definition) is 1. The molecule has 1 aromatic carbocycles. The highest BCUT2D eigenvalue weighted by Gasteiger charge is 2.36. The Balaban J connectivity index is 1.64. The van der Waals surface area contributed by atoms with Gasteiger partial charge in [0.1, 0.15) is 0 Å². The number of nitrogens with zero attached hydrogens (tertiary/aromatic N) is 1. The summed E-state index contributed by atoms with van der Waals surface area (Å²) in [7, 11) is 0. The average molecular weight is 340 g/mol. The highest BCUT2D eigenvalue weighted by molar-refractivity contribution is 5.83. The van der Waals surface area contributed by atoms with Crippen molar-refractivity contribution >= 4 is 11.8 Å². The molecule has 0 aromatic heterocycles. The van der Waals surface area contributed by atoms with Crippen LogP contribution in [0.4, 0.5) is 13.2 Å². The van der Waals surface area contributed by atoms with E-state index in [0.29, 0.717) is 0 Å². The second-order valence-corrected chi connectivity index (χ2v) is 6.47. The SMILES string of the molecule is O=C(N[C@H]1CC(=O)N(Cc2ccccc2C(F)(F)F)C1)C1CCC1. The van der Waals surface area contributed by atoms with Crippen LogP contribution < -0.4 is 5.32 Å². The van der Waals surface area contributed by atoms with Crippen molar-refractivity contribution < 1.29 is 22.8 Å². The maximum atomic E-state index is 13.0. The van der Waals surface area contributed by atoms with Crippen LogP contribution in [0.2, 0.25) is 0 Å². The summed E-state index contributed by atoms with van der Waals surface area (Å²) in [5.41, 5.74) is -0.649. The molecular formula is C17H19F3N2O2. The molecule has 1 N–H and O–H groups in total. The molecule has 2 aliphatic rings. The Hall–Kier alpha value is -2.05. The molecule has 4 nitrogen and oxygen atoms in total. The fourth-order valence-electron chi connectivity index (χ4n) is 3.15. The minimum atomic E-state index is -4.45. The van der Waals surface area contributed by atoms with E-state index in [4.69, 9.17) is 0 Å². The van der Waals surface area contributed by atoms with Gasteiger partial charge in [-0.3, -0.25) is 9.59 Å². The lowest BCUT2D eigenvalue weighted by atomic mass is 9.84. The van der Waals surface area contributed by atoms with E-state index in [1.807, 2.05) is 0 Å². The first-order chi connectivity index (χ1) is 11.3. The molecule has 1 aliphatic heterocycles. The van der Waals surface area contributed by atoms with Crippen LogP contribution in [0, 0.1) is 5.92 Å². The summed E-state index contributed by atoms with van der Waals surface area (Å²) in [4.78, 5) is 25.4. The van der Waals surface area contributed by atoms with Gasteiger partial charge in [0, 0.05) is 25.4 Å². The molecule has 130 valence electrons. The number of likely N-dealkylation sites (tertiary alicyclic amines) is 1. The van der Waals surface area contributed by atoms with Gasteiger partial charge in [0.15, 0.2) is 0 Å². The molecule has 1 atom stereocenters. The topological polar surface area (TPSA) is 49.4 Å². The lowest BCUT2D eigenvalue weighted by Crippen LogP contribution is -2.42. The fraction of sp³-hybridized carbons (Fsp3) is 0.529. The van der Waals surface area contributed by atoms with E-state index in [9.17, 15) is 22.8 Å². The van der Waals surface area contributed by atoms with E-state index in [0.717, 1.165) is 25.3 Å². The van der Waals surface area contributed by atoms with Crippen LogP contribution in [0.15, 0.2) is 24.3 Å². The zero-order chi connectivity index (χ0) is 17.3. The molecule has 1 saturated heterocycles. The van der Waals surface area contributed by atoms with Crippen molar-refractivity contribution in [1.82, 2.24) is 10.2 Å². The van der Waals surface area contributed by atoms with Gasteiger partial charge in [-0.1, -0.05) is 24.6 Å². The number of rotatable bonds is 4. The predicted molar refractivity (Wildman–Crippen MR) is 80.7 cm³/mol. The van der Waals surface area contributed by atoms with E-state index in [2.05, 4.69) is 5.32 Å². The average Bonchev–Trinajstić information content (AvgIpc) is 2.76. The summed E-state index contributed by atoms with van der Waals surface area (Å²) in [6, 6.07) is 4.95. The lowest BCUT2D eigenvalue weighted by molar-refractivity contribution is -0.139. The number of alkyl halides is 3. The van der Waals surface area contributed by atoms with Crippen LogP contribution in [-0.4, -0.2) is 29.3 Å². The third-order valence-corrected chi connectivity index (χ3v) is 4.72. The van der Waals surface area contributed by atoms with Gasteiger partial charge in [-0.25, -0.2) is 0 Å². The quantitative estimate of drug-likeness (QED) is 0.916. The third kappa shape index (κ3) is 3.55. The smallest absolute Gasteiger partial charge is 0.351 e. The van der Waals surface area contributed by atoms with Gasteiger partial charge >= 0.3 is 6.18 Å². The number of amides is 2. The number of hydrogen-bond acceptors (Lipinski definition) is 2. The maximum absolute atomic E-state index is 13.0. The highest BCUT2D eigenvalue weighted by atomic mass is 19.4. The van der Waals surface area contributed by atoms with E-state index < -0.39 is 11.7 Å². The second kappa shape index (κ2) is 6.45. The molecule has 1 aromatic rings. The molecule has 3 rings (SSSR count). The third-order valence-electron chi connectivity index (χ3n) is 4.72. The van der Waals surface area contributed by atoms with Gasteiger partial charge in [0.05, 0.1) is 11.6 Å². The van der Waals surface area contributed by atoms with Gasteiger partial charge in [-0.05, 0) is 24.5 Å². The molecular weight excluding hydrogens is 321 g/mol. The zero-order valence-electron chi connectivity index (χ0n) is 13.1. The van der Waals surface area contributed by atoms with Gasteiger partial charge in [-0.15, -0.1) is 0 Å². The first-order valence-corrected chi connectivity index (χ1v) is 8.08. The van der Waals surface area contributed by atoms with Crippen LogP contribution in [-0.2, 0) is 22.3 Å². The largest absolute Gasteiger partial charge is 0.416 e. The maximum Gasteiger partial charge on any atom is 0.416 e. The molecule has 0 unspecified atom stereocenters. The van der Waals surface area contributed by atoms with Gasteiger partial charge in [0.25, 0.3) is 0 Å². The molecule has 7 heteroatoms. The molecule has 1 saturated carbocycles. The number of benzene rings is 1. The Morgan fingerprint density at radius 3 is 2.58 bits per heavy atom. The van der Waals surface area contributed by atoms with Crippen molar-refractivity contribution in [1.29, 1.82) is 0 Å². The molecule has 0 radical (unpaired) electrons. The molecule has 2 amide bonds. The van der Waals surface area contributed by atoms with E-state index in [1.54, 1.807) is 0 Å². The zero-order valence-corrected chi connectivity index (χ0v) is 13.1. The van der Waals surface area contributed by atoms with Crippen LogP contribution >= 0.6 is 0 Å². The Bertz CT molecular complexity index is 641. The van der Waals surface area contributed by atoms with Crippen LogP contribution in [0.25, 0.3) is 0 Å². The Kier molecular flexibility index (Phi) is 4.51. The summed E-state index contributed by atoms with van der Waals surface area (Å²) < 4.78 is 39.1. The normalized spacial score (nSPS) is 21.7. The molecule has 0 bridgehead atoms. The summed E-state index contributed by atoms with van der Waals surface area (Å²) in [6.07, 6.45) is -1.52. The van der Waals surface area contributed by atoms with Crippen molar-refractivity contribution in [3.63, 3.8) is 0 Å². The minimum absolute atomic E-state index is 0.0279. The number of halogens is 3. The van der Waals surface area contributed by atoms with E-state index in [1.165, 1.54) is 23.1 Å². The lowest BCUT2D eigenvalue weighted by Gasteiger charge is -2.26. The van der Waals surface area contributed by atoms with Gasteiger partial charge in [0.2, 0.25) is 11.8 Å². The first kappa shape index (κ1) is 16.8. The number of carbonyl (C=O) groups is 2. The van der Waals surface area contributed by atoms with Gasteiger partial charge in [-0.2, -0.15) is 13.2 Å². The minimum Gasteiger partial charge on any atom is -0.351 e. The van der Waals surface area contributed by atoms with E-state index in [-0.39, 0.29) is 48.8 Å². The van der Waals surface area contributed by atoms with Crippen molar-refractivity contribution in [3.05, 3.63) is 35.4 Å². The summed E-state index contributed by atoms with van der Waals surface area (Å²) >= 11 is 0. The Morgan fingerprint density at radius 2 is 1.96 bits per heavy atom. The summed E-state index contributed by atoms with van der Waals surface area (Å²) in [6.45, 7) is 0.161. The monoisotopic (exact) mass is 340 g/mol. The predicted octanol–water partition coefficient (Wildman–Crippen LogP) is 2.72. The van der Waals surface area contributed by atoms with Crippen LogP contribution in [0.3, 0.4) is 0 Å². The number of carbonyl (C=O) groups excluding carboxylic acids is 2. The van der Waals surface area contributed by atoms with Crippen LogP contribution in [0.1, 0.15) is 36.8 Å². The van der Waals surface area contributed by atoms with E-state index >= 15 is 0 Å². The first-order valence-electron chi connectivity index (χ1n) is 8.08. The van der Waals surface area contributed by atoms with Gasteiger partial charge < -0.3 is 10.2 Å². The molecule has 1 aliphatic carbocycles. The number of nitrogens with one attached hydrogen (secondary N) is 1. The van der Waals surface area contributed by atoms with Crippen molar-refractivity contribution in [2.75, 3.05) is 6.54 Å². The van der Waals surface area contributed by atoms with Crippen LogP contribution in [0.5, 0.6) is 0 Å². The Labute approximate surface area is 138 Å². The Morgan fingerprint density at radius 1 is 1.25 bits per heavy atom.